The number of rotatable bonds is 5. The van der Waals surface area contributed by atoms with Crippen LogP contribution in [0.25, 0.3) is 16.8 Å². The molecule has 1 aromatic carbocycles. The van der Waals surface area contributed by atoms with Gasteiger partial charge in [0, 0.05) is 18.7 Å². The molecule has 0 aliphatic heterocycles. The van der Waals surface area contributed by atoms with Gasteiger partial charge in [-0.15, -0.1) is 5.10 Å². The van der Waals surface area contributed by atoms with E-state index in [1.165, 1.54) is 6.92 Å². The first-order valence-corrected chi connectivity index (χ1v) is 7.95. The first kappa shape index (κ1) is 16.8. The molecule has 7 heteroatoms. The van der Waals surface area contributed by atoms with E-state index in [0.29, 0.717) is 17.1 Å². The van der Waals surface area contributed by atoms with Gasteiger partial charge in [0.25, 0.3) is 0 Å². The molecule has 3 rings (SSSR count). The normalized spacial score (nSPS) is 10.9. The van der Waals surface area contributed by atoms with Crippen molar-refractivity contribution >= 4 is 17.5 Å². The van der Waals surface area contributed by atoms with Crippen LogP contribution >= 0.6 is 0 Å². The van der Waals surface area contributed by atoms with Crippen molar-refractivity contribution in [3.8, 4) is 22.6 Å². The maximum absolute atomic E-state index is 11.1. The van der Waals surface area contributed by atoms with Crippen LogP contribution in [0.1, 0.15) is 20.8 Å². The minimum absolute atomic E-state index is 0.0437. The minimum Gasteiger partial charge on any atom is -0.493 e. The van der Waals surface area contributed by atoms with Gasteiger partial charge in [0.05, 0.1) is 13.2 Å². The fourth-order valence-electron chi connectivity index (χ4n) is 2.47. The number of nitrogens with zero attached hydrogens (tertiary/aromatic N) is 3. The van der Waals surface area contributed by atoms with E-state index in [1.54, 1.807) is 11.6 Å². The van der Waals surface area contributed by atoms with Crippen molar-refractivity contribution in [2.45, 2.75) is 26.9 Å². The lowest BCUT2D eigenvalue weighted by Gasteiger charge is -2.14. The summed E-state index contributed by atoms with van der Waals surface area (Å²) in [6.45, 7) is 5.36. The number of carbonyl (C=O) groups excluding carboxylic acids is 1. The van der Waals surface area contributed by atoms with Gasteiger partial charge in [0.1, 0.15) is 0 Å². The molecule has 130 valence electrons. The van der Waals surface area contributed by atoms with Gasteiger partial charge in [-0.25, -0.2) is 4.52 Å². The first-order valence-electron chi connectivity index (χ1n) is 7.95. The quantitative estimate of drug-likeness (QED) is 0.772. The predicted molar refractivity (Wildman–Crippen MR) is 95.0 cm³/mol. The van der Waals surface area contributed by atoms with Crippen LogP contribution in [-0.2, 0) is 4.79 Å². The van der Waals surface area contributed by atoms with Crippen molar-refractivity contribution in [3.05, 3.63) is 36.5 Å². The van der Waals surface area contributed by atoms with Gasteiger partial charge in [-0.05, 0) is 43.7 Å². The number of pyridine rings is 1. The summed E-state index contributed by atoms with van der Waals surface area (Å²) in [5, 5.41) is 6.84. The SMILES string of the molecule is COc1ccc(-c2ccc3nc(NC(C)=O)nn3c2)cc1OC(C)C. The minimum atomic E-state index is -0.207. The van der Waals surface area contributed by atoms with Gasteiger partial charge < -0.3 is 9.47 Å². The summed E-state index contributed by atoms with van der Waals surface area (Å²) in [5.41, 5.74) is 2.57. The van der Waals surface area contributed by atoms with E-state index in [0.717, 1.165) is 11.1 Å². The Kier molecular flexibility index (Phi) is 4.56. The molecule has 1 N–H and O–H groups in total. The fraction of sp³-hybridized carbons (Fsp3) is 0.278. The molecule has 0 bridgehead atoms. The van der Waals surface area contributed by atoms with Crippen molar-refractivity contribution in [1.29, 1.82) is 0 Å². The smallest absolute Gasteiger partial charge is 0.249 e. The Morgan fingerprint density at radius 1 is 1.16 bits per heavy atom. The van der Waals surface area contributed by atoms with Crippen molar-refractivity contribution in [2.24, 2.45) is 0 Å². The third-order valence-corrected chi connectivity index (χ3v) is 3.48. The van der Waals surface area contributed by atoms with E-state index >= 15 is 0 Å². The average Bonchev–Trinajstić information content (AvgIpc) is 2.94. The molecule has 2 aromatic heterocycles. The number of benzene rings is 1. The zero-order chi connectivity index (χ0) is 18.0. The summed E-state index contributed by atoms with van der Waals surface area (Å²) in [7, 11) is 1.62. The number of hydrogen-bond donors (Lipinski definition) is 1. The number of anilines is 1. The van der Waals surface area contributed by atoms with Crippen LogP contribution in [0.4, 0.5) is 5.95 Å². The Hall–Kier alpha value is -3.09. The zero-order valence-electron chi connectivity index (χ0n) is 14.6. The Balaban J connectivity index is 1.99. The molecule has 0 atom stereocenters. The van der Waals surface area contributed by atoms with Crippen LogP contribution in [0.15, 0.2) is 36.5 Å². The second-order valence-corrected chi connectivity index (χ2v) is 5.87. The van der Waals surface area contributed by atoms with Crippen LogP contribution in [-0.4, -0.2) is 33.7 Å². The molecule has 0 unspecified atom stereocenters. The summed E-state index contributed by atoms with van der Waals surface area (Å²) in [6, 6.07) is 9.56. The lowest BCUT2D eigenvalue weighted by Crippen LogP contribution is -2.07. The van der Waals surface area contributed by atoms with Crippen molar-refractivity contribution in [2.75, 3.05) is 12.4 Å². The highest BCUT2D eigenvalue weighted by atomic mass is 16.5. The van der Waals surface area contributed by atoms with Crippen LogP contribution in [0.2, 0.25) is 0 Å². The molecule has 25 heavy (non-hydrogen) atoms. The van der Waals surface area contributed by atoms with Crippen LogP contribution in [0, 0.1) is 0 Å². The molecule has 2 heterocycles. The number of carbonyl (C=O) groups is 1. The van der Waals surface area contributed by atoms with Gasteiger partial charge in [-0.1, -0.05) is 6.07 Å². The van der Waals surface area contributed by atoms with E-state index in [2.05, 4.69) is 15.4 Å². The lowest BCUT2D eigenvalue weighted by molar-refractivity contribution is -0.114. The van der Waals surface area contributed by atoms with Crippen molar-refractivity contribution in [1.82, 2.24) is 14.6 Å². The molecule has 0 fully saturated rings. The summed E-state index contributed by atoms with van der Waals surface area (Å²) in [6.07, 6.45) is 1.90. The Morgan fingerprint density at radius 2 is 1.92 bits per heavy atom. The van der Waals surface area contributed by atoms with Crippen LogP contribution < -0.4 is 14.8 Å². The number of hydrogen-bond acceptors (Lipinski definition) is 5. The first-order chi connectivity index (χ1) is 12.0. The highest BCUT2D eigenvalue weighted by molar-refractivity contribution is 5.86. The molecule has 0 saturated carbocycles. The molecule has 1 amide bonds. The maximum atomic E-state index is 11.1. The summed E-state index contributed by atoms with van der Waals surface area (Å²) >= 11 is 0. The summed E-state index contributed by atoms with van der Waals surface area (Å²) in [5.74, 6) is 1.45. The van der Waals surface area contributed by atoms with E-state index in [4.69, 9.17) is 9.47 Å². The highest BCUT2D eigenvalue weighted by Crippen LogP contribution is 2.33. The molecule has 0 radical (unpaired) electrons. The summed E-state index contributed by atoms with van der Waals surface area (Å²) < 4.78 is 12.8. The maximum Gasteiger partial charge on any atom is 0.249 e. The number of methoxy groups -OCH3 is 1. The van der Waals surface area contributed by atoms with E-state index in [1.807, 2.05) is 50.4 Å². The standard InChI is InChI=1S/C18H20N4O3/c1-11(2)25-16-9-13(5-7-15(16)24-4)14-6-8-17-20-18(19-12(3)23)21-22(17)10-14/h5-11H,1-4H3,(H,19,21,23). The third kappa shape index (κ3) is 3.71. The predicted octanol–water partition coefficient (Wildman–Crippen LogP) is 3.15. The molecule has 0 saturated heterocycles. The number of amides is 1. The van der Waals surface area contributed by atoms with Crippen LogP contribution in [0.3, 0.4) is 0 Å². The Labute approximate surface area is 145 Å². The molecule has 7 nitrogen and oxygen atoms in total. The molecule has 0 aliphatic rings. The second-order valence-electron chi connectivity index (χ2n) is 5.87. The Morgan fingerprint density at radius 3 is 2.60 bits per heavy atom. The molecular weight excluding hydrogens is 320 g/mol. The molecule has 3 aromatic rings. The monoisotopic (exact) mass is 340 g/mol. The fourth-order valence-corrected chi connectivity index (χ4v) is 2.47. The highest BCUT2D eigenvalue weighted by Gasteiger charge is 2.11. The van der Waals surface area contributed by atoms with Crippen molar-refractivity contribution in [3.63, 3.8) is 0 Å². The number of nitrogens with one attached hydrogen (secondary N) is 1. The van der Waals surface area contributed by atoms with E-state index < -0.39 is 0 Å². The number of ether oxygens (including phenoxy) is 2. The second kappa shape index (κ2) is 6.80. The number of aromatic nitrogens is 3. The third-order valence-electron chi connectivity index (χ3n) is 3.48. The topological polar surface area (TPSA) is 77.8 Å². The van der Waals surface area contributed by atoms with Gasteiger partial charge in [-0.2, -0.15) is 4.98 Å². The summed E-state index contributed by atoms with van der Waals surface area (Å²) in [4.78, 5) is 15.4. The van der Waals surface area contributed by atoms with E-state index in [9.17, 15) is 4.79 Å². The van der Waals surface area contributed by atoms with Crippen molar-refractivity contribution < 1.29 is 14.3 Å². The number of fused-ring (bicyclic) bond motifs is 1. The largest absolute Gasteiger partial charge is 0.493 e. The molecule has 0 spiro atoms. The Bertz CT molecular complexity index is 918. The van der Waals surface area contributed by atoms with Gasteiger partial charge in [0.2, 0.25) is 11.9 Å². The van der Waals surface area contributed by atoms with E-state index in [-0.39, 0.29) is 18.0 Å². The average molecular weight is 340 g/mol. The van der Waals surface area contributed by atoms with Gasteiger partial charge in [0.15, 0.2) is 17.1 Å². The molecule has 0 aliphatic carbocycles. The van der Waals surface area contributed by atoms with Gasteiger partial charge >= 0.3 is 0 Å². The van der Waals surface area contributed by atoms with Crippen LogP contribution in [0.5, 0.6) is 11.5 Å². The lowest BCUT2D eigenvalue weighted by atomic mass is 10.1. The van der Waals surface area contributed by atoms with Gasteiger partial charge in [-0.3, -0.25) is 10.1 Å². The zero-order valence-corrected chi connectivity index (χ0v) is 14.6. The molecular formula is C18H20N4O3.